The number of aryl methyl sites for hydroxylation is 1. The van der Waals surface area contributed by atoms with E-state index in [1.54, 1.807) is 0 Å². The summed E-state index contributed by atoms with van der Waals surface area (Å²) in [6, 6.07) is 24.6. The molecule has 0 radical (unpaired) electrons. The van der Waals surface area contributed by atoms with Crippen LogP contribution in [0.5, 0.6) is 0 Å². The van der Waals surface area contributed by atoms with Gasteiger partial charge in [0.2, 0.25) is 5.91 Å². The van der Waals surface area contributed by atoms with E-state index in [2.05, 4.69) is 57.4 Å². The van der Waals surface area contributed by atoms with E-state index < -0.39 is 0 Å². The highest BCUT2D eigenvalue weighted by Gasteiger charge is 2.16. The maximum Gasteiger partial charge on any atom is 0.236 e. The fourth-order valence-electron chi connectivity index (χ4n) is 4.09. The zero-order valence-corrected chi connectivity index (χ0v) is 21.5. The first-order chi connectivity index (χ1) is 17.6. The first kappa shape index (κ1) is 24.0. The average Bonchev–Trinajstić information content (AvgIpc) is 3.46. The van der Waals surface area contributed by atoms with Crippen molar-refractivity contribution in [2.45, 2.75) is 25.0 Å². The molecular weight excluding hydrogens is 486 g/mol. The van der Waals surface area contributed by atoms with Crippen molar-refractivity contribution in [3.63, 3.8) is 0 Å². The Kier molecular flexibility index (Phi) is 7.25. The van der Waals surface area contributed by atoms with Crippen LogP contribution in [0.3, 0.4) is 0 Å². The van der Waals surface area contributed by atoms with E-state index in [1.165, 1.54) is 39.4 Å². The number of thiazole rings is 1. The van der Waals surface area contributed by atoms with Gasteiger partial charge >= 0.3 is 0 Å². The van der Waals surface area contributed by atoms with E-state index in [-0.39, 0.29) is 11.7 Å². The first-order valence-corrected chi connectivity index (χ1v) is 13.4. The number of aromatic nitrogens is 4. The minimum atomic E-state index is -0.128. The number of carbonyl (C=O) groups excluding carboxylic acids is 1. The van der Waals surface area contributed by atoms with Crippen LogP contribution in [0.25, 0.3) is 22.0 Å². The van der Waals surface area contributed by atoms with Crippen LogP contribution >= 0.6 is 23.1 Å². The van der Waals surface area contributed by atoms with Gasteiger partial charge in [-0.3, -0.25) is 4.79 Å². The molecule has 0 saturated carbocycles. The van der Waals surface area contributed by atoms with E-state index in [9.17, 15) is 4.79 Å². The van der Waals surface area contributed by atoms with E-state index in [0.717, 1.165) is 22.0 Å². The lowest BCUT2D eigenvalue weighted by atomic mass is 10.0. The smallest absolute Gasteiger partial charge is 0.236 e. The minimum Gasteiger partial charge on any atom is -0.302 e. The Bertz CT molecular complexity index is 1520. The van der Waals surface area contributed by atoms with E-state index in [0.29, 0.717) is 23.3 Å². The van der Waals surface area contributed by atoms with Crippen LogP contribution in [-0.4, -0.2) is 31.4 Å². The van der Waals surface area contributed by atoms with E-state index >= 15 is 0 Å². The Hall–Kier alpha value is -3.75. The van der Waals surface area contributed by atoms with Gasteiger partial charge in [0.1, 0.15) is 5.82 Å². The molecule has 180 valence electrons. The number of fused-ring (bicyclic) bond motifs is 1. The molecule has 5 rings (SSSR count). The molecule has 5 aromatic rings. The number of carbonyl (C=O) groups is 1. The molecule has 1 amide bonds. The number of hydrogen-bond donors (Lipinski definition) is 1. The van der Waals surface area contributed by atoms with Crippen molar-refractivity contribution in [2.75, 3.05) is 11.1 Å². The lowest BCUT2D eigenvalue weighted by molar-refractivity contribution is -0.113. The van der Waals surface area contributed by atoms with E-state index in [4.69, 9.17) is 0 Å². The molecule has 0 fully saturated rings. The van der Waals surface area contributed by atoms with Crippen LogP contribution in [0.15, 0.2) is 90.6 Å². The summed E-state index contributed by atoms with van der Waals surface area (Å²) in [5.74, 6) is 0.928. The van der Waals surface area contributed by atoms with Crippen LogP contribution in [0.4, 0.5) is 5.13 Å². The third kappa shape index (κ3) is 5.24. The molecule has 0 bridgehead atoms. The van der Waals surface area contributed by atoms with Crippen molar-refractivity contribution in [1.82, 2.24) is 19.7 Å². The first-order valence-electron chi connectivity index (χ1n) is 11.6. The van der Waals surface area contributed by atoms with E-state index in [1.807, 2.05) is 60.0 Å². The summed E-state index contributed by atoms with van der Waals surface area (Å²) in [7, 11) is 0. The highest BCUT2D eigenvalue weighted by molar-refractivity contribution is 7.99. The van der Waals surface area contributed by atoms with Crippen molar-refractivity contribution in [1.29, 1.82) is 0 Å². The second-order valence-electron chi connectivity index (χ2n) is 8.24. The van der Waals surface area contributed by atoms with Crippen molar-refractivity contribution in [2.24, 2.45) is 0 Å². The lowest BCUT2D eigenvalue weighted by Gasteiger charge is -2.09. The fraction of sp³-hybridized carbons (Fsp3) is 0.143. The van der Waals surface area contributed by atoms with Crippen LogP contribution in [0.2, 0.25) is 0 Å². The molecule has 2 aromatic heterocycles. The summed E-state index contributed by atoms with van der Waals surface area (Å²) in [5.41, 5.74) is 3.12. The molecule has 0 atom stereocenters. The molecule has 1 N–H and O–H groups in total. The summed E-state index contributed by atoms with van der Waals surface area (Å²) in [4.78, 5) is 18.4. The number of hydrogen-bond acceptors (Lipinski definition) is 6. The summed E-state index contributed by atoms with van der Waals surface area (Å²) in [6.07, 6.45) is 2.47. The van der Waals surface area contributed by atoms with Gasteiger partial charge in [-0.1, -0.05) is 90.6 Å². The molecule has 2 heterocycles. The SMILES string of the molecule is C=CCn1c(Cc2cccc3ccccc23)nnc1SCC(=O)Nc1nc(-c2ccccc2)c(C)s1. The highest BCUT2D eigenvalue weighted by atomic mass is 32.2. The van der Waals surface area contributed by atoms with Gasteiger partial charge in [0.05, 0.1) is 11.4 Å². The standard InChI is InChI=1S/C28H25N5OS2/c1-3-16-33-24(17-22-14-9-13-20-10-7-8-15-23(20)22)31-32-28(33)35-18-25(34)29-27-30-26(19(2)36-27)21-11-5-4-6-12-21/h3-15H,1,16-18H2,2H3,(H,29,30,34). The average molecular weight is 512 g/mol. The van der Waals surface area contributed by atoms with Crippen molar-refractivity contribution in [3.8, 4) is 11.3 Å². The summed E-state index contributed by atoms with van der Waals surface area (Å²) in [6.45, 7) is 6.48. The number of nitrogens with one attached hydrogen (secondary N) is 1. The van der Waals surface area contributed by atoms with Gasteiger partial charge in [-0.05, 0) is 23.3 Å². The second kappa shape index (κ2) is 10.9. The van der Waals surface area contributed by atoms with Crippen LogP contribution in [0, 0.1) is 6.92 Å². The summed E-state index contributed by atoms with van der Waals surface area (Å²) >= 11 is 2.84. The van der Waals surface area contributed by atoms with Gasteiger partial charge in [-0.15, -0.1) is 28.1 Å². The molecule has 0 aliphatic heterocycles. The molecule has 3 aromatic carbocycles. The van der Waals surface area contributed by atoms with Gasteiger partial charge in [0.15, 0.2) is 10.3 Å². The Balaban J connectivity index is 1.28. The van der Waals surface area contributed by atoms with Crippen LogP contribution < -0.4 is 5.32 Å². The maximum absolute atomic E-state index is 12.7. The lowest BCUT2D eigenvalue weighted by Crippen LogP contribution is -2.14. The molecular formula is C28H25N5OS2. The number of amides is 1. The van der Waals surface area contributed by atoms with Gasteiger partial charge < -0.3 is 9.88 Å². The molecule has 0 spiro atoms. The van der Waals surface area contributed by atoms with Crippen LogP contribution in [-0.2, 0) is 17.8 Å². The fourth-order valence-corrected chi connectivity index (χ4v) is 5.70. The quantitative estimate of drug-likeness (QED) is 0.184. The molecule has 0 saturated heterocycles. The zero-order valence-electron chi connectivity index (χ0n) is 19.8. The minimum absolute atomic E-state index is 0.128. The monoisotopic (exact) mass is 511 g/mol. The Morgan fingerprint density at radius 3 is 2.67 bits per heavy atom. The van der Waals surface area contributed by atoms with Crippen molar-refractivity contribution >= 4 is 44.9 Å². The molecule has 6 nitrogen and oxygen atoms in total. The van der Waals surface area contributed by atoms with Crippen LogP contribution in [0.1, 0.15) is 16.3 Å². The highest BCUT2D eigenvalue weighted by Crippen LogP contribution is 2.30. The number of nitrogens with zero attached hydrogens (tertiary/aromatic N) is 4. The van der Waals surface area contributed by atoms with Gasteiger partial charge in [0, 0.05) is 23.4 Å². The summed E-state index contributed by atoms with van der Waals surface area (Å²) < 4.78 is 2.02. The molecule has 8 heteroatoms. The number of rotatable bonds is 9. The Labute approximate surface area is 218 Å². The van der Waals surface area contributed by atoms with Gasteiger partial charge in [0.25, 0.3) is 0 Å². The topological polar surface area (TPSA) is 72.7 Å². The predicted octanol–water partition coefficient (Wildman–Crippen LogP) is 6.37. The number of anilines is 1. The van der Waals surface area contributed by atoms with Crippen molar-refractivity contribution in [3.05, 3.63) is 102 Å². The Morgan fingerprint density at radius 1 is 1.06 bits per heavy atom. The van der Waals surface area contributed by atoms with Crippen molar-refractivity contribution < 1.29 is 4.79 Å². The third-order valence-corrected chi connectivity index (χ3v) is 7.61. The molecule has 0 aliphatic rings. The predicted molar refractivity (Wildman–Crippen MR) is 149 cm³/mol. The largest absolute Gasteiger partial charge is 0.302 e. The second-order valence-corrected chi connectivity index (χ2v) is 10.4. The summed E-state index contributed by atoms with van der Waals surface area (Å²) in [5, 5.41) is 15.5. The number of thioether (sulfide) groups is 1. The molecule has 0 aliphatic carbocycles. The normalized spacial score (nSPS) is 11.0. The number of allylic oxidation sites excluding steroid dienone is 1. The zero-order chi connectivity index (χ0) is 24.9. The molecule has 0 unspecified atom stereocenters. The Morgan fingerprint density at radius 2 is 1.83 bits per heavy atom. The number of benzene rings is 3. The maximum atomic E-state index is 12.7. The van der Waals surface area contributed by atoms with Gasteiger partial charge in [-0.2, -0.15) is 0 Å². The molecule has 36 heavy (non-hydrogen) atoms. The third-order valence-electron chi connectivity index (χ3n) is 5.76. The van der Waals surface area contributed by atoms with Gasteiger partial charge in [-0.25, -0.2) is 4.98 Å².